The van der Waals surface area contributed by atoms with Gasteiger partial charge in [-0.05, 0) is 56.7 Å². The van der Waals surface area contributed by atoms with Crippen LogP contribution in [-0.2, 0) is 19.9 Å². The molecule has 196 valence electrons. The van der Waals surface area contributed by atoms with E-state index in [9.17, 15) is 19.0 Å². The molecular formula is C24H34F2N8O2. The van der Waals surface area contributed by atoms with E-state index in [1.165, 1.54) is 11.9 Å². The van der Waals surface area contributed by atoms with E-state index in [0.29, 0.717) is 23.4 Å². The first-order chi connectivity index (χ1) is 17.4. The van der Waals surface area contributed by atoms with Crippen molar-refractivity contribution < 1.29 is 19.0 Å². The first-order valence-corrected chi connectivity index (χ1v) is 12.4. The van der Waals surface area contributed by atoms with Crippen molar-refractivity contribution in [1.29, 1.82) is 0 Å². The number of aliphatic hydroxyl groups excluding tert-OH is 1. The van der Waals surface area contributed by atoms with E-state index in [0.717, 1.165) is 50.2 Å². The van der Waals surface area contributed by atoms with Gasteiger partial charge in [-0.25, -0.2) is 23.7 Å². The normalized spacial score (nSPS) is 14.4. The molecule has 10 nitrogen and oxygen atoms in total. The lowest BCUT2D eigenvalue weighted by Crippen LogP contribution is -2.39. The number of aliphatic hydroxyl groups is 2. The number of hydrogen-bond acceptors (Lipinski definition) is 9. The first-order valence-electron chi connectivity index (χ1n) is 12.4. The molecule has 36 heavy (non-hydrogen) atoms. The van der Waals surface area contributed by atoms with E-state index in [2.05, 4.69) is 31.8 Å². The monoisotopic (exact) mass is 504 g/mol. The minimum Gasteiger partial charge on any atom is -0.370 e. The summed E-state index contributed by atoms with van der Waals surface area (Å²) in [5.41, 5.74) is 2.85. The third-order valence-electron chi connectivity index (χ3n) is 6.47. The molecule has 0 fully saturated rings. The fraction of sp³-hybridized carbons (Fsp3) is 0.583. The average molecular weight is 505 g/mol. The number of unbranched alkanes of at least 4 members (excludes halogenated alkanes) is 1. The van der Waals surface area contributed by atoms with Crippen molar-refractivity contribution in [1.82, 2.24) is 29.6 Å². The van der Waals surface area contributed by atoms with Crippen LogP contribution >= 0.6 is 0 Å². The molecule has 0 aliphatic carbocycles. The molecule has 0 amide bonds. The Balaban J connectivity index is 1.29. The summed E-state index contributed by atoms with van der Waals surface area (Å²) in [7, 11) is 1.75. The standard InChI is InChI=1S/C24H34F2N8O2/c1-33-23-18(13-30-33)22(28-15-29-23)32-19(24(35)36)9-12-34(14-20(25)26)11-3-2-6-17-8-7-16-5-4-10-27-21(16)31-17/h7-8,13,15,19-20,24,35-36H,2-6,9-12,14H2,1H3,(H,27,31)(H,28,29,32)/t19-/m0/s1. The van der Waals surface area contributed by atoms with Gasteiger partial charge in [-0.15, -0.1) is 0 Å². The Morgan fingerprint density at radius 1 is 1.19 bits per heavy atom. The highest BCUT2D eigenvalue weighted by Gasteiger charge is 2.21. The Morgan fingerprint density at radius 2 is 2.06 bits per heavy atom. The Labute approximate surface area is 208 Å². The molecule has 0 spiro atoms. The van der Waals surface area contributed by atoms with Gasteiger partial charge in [-0.3, -0.25) is 9.58 Å². The van der Waals surface area contributed by atoms with Gasteiger partial charge >= 0.3 is 0 Å². The molecule has 0 saturated carbocycles. The Kier molecular flexibility index (Phi) is 8.94. The fourth-order valence-corrected chi connectivity index (χ4v) is 4.51. The molecule has 4 rings (SSSR count). The molecular weight excluding hydrogens is 470 g/mol. The zero-order valence-corrected chi connectivity index (χ0v) is 20.4. The van der Waals surface area contributed by atoms with Crippen LogP contribution in [0.15, 0.2) is 24.7 Å². The zero-order chi connectivity index (χ0) is 25.5. The van der Waals surface area contributed by atoms with E-state index in [-0.39, 0.29) is 19.5 Å². The van der Waals surface area contributed by atoms with Gasteiger partial charge in [0.1, 0.15) is 18.0 Å². The highest BCUT2D eigenvalue weighted by Crippen LogP contribution is 2.21. The predicted octanol–water partition coefficient (Wildman–Crippen LogP) is 2.19. The van der Waals surface area contributed by atoms with Crippen LogP contribution in [0.25, 0.3) is 11.0 Å². The SMILES string of the molecule is Cn1ncc2c(N[C@@H](CCN(CCCCc3ccc4c(n3)NCCC4)CC(F)F)C(O)O)ncnc21. The molecule has 1 aliphatic rings. The van der Waals surface area contributed by atoms with Gasteiger partial charge in [-0.2, -0.15) is 5.10 Å². The highest BCUT2D eigenvalue weighted by molar-refractivity contribution is 5.86. The summed E-state index contributed by atoms with van der Waals surface area (Å²) >= 11 is 0. The molecule has 4 N–H and O–H groups in total. The first kappa shape index (κ1) is 26.1. The summed E-state index contributed by atoms with van der Waals surface area (Å²) in [6.45, 7) is 1.34. The minimum absolute atomic E-state index is 0.244. The van der Waals surface area contributed by atoms with Gasteiger partial charge < -0.3 is 20.8 Å². The van der Waals surface area contributed by atoms with Gasteiger partial charge in [-0.1, -0.05) is 6.07 Å². The van der Waals surface area contributed by atoms with E-state index < -0.39 is 18.8 Å². The number of rotatable bonds is 13. The molecule has 0 unspecified atom stereocenters. The maximum atomic E-state index is 13.2. The lowest BCUT2D eigenvalue weighted by Gasteiger charge is -2.26. The number of anilines is 2. The van der Waals surface area contributed by atoms with Crippen molar-refractivity contribution in [3.8, 4) is 0 Å². The number of hydrogen-bond donors (Lipinski definition) is 4. The van der Waals surface area contributed by atoms with E-state index in [1.54, 1.807) is 22.8 Å². The van der Waals surface area contributed by atoms with Crippen molar-refractivity contribution in [3.63, 3.8) is 0 Å². The van der Waals surface area contributed by atoms with Crippen LogP contribution in [0.3, 0.4) is 0 Å². The lowest BCUT2D eigenvalue weighted by molar-refractivity contribution is -0.0564. The molecule has 1 aliphatic heterocycles. The Bertz CT molecular complexity index is 1130. The van der Waals surface area contributed by atoms with Crippen molar-refractivity contribution in [2.24, 2.45) is 7.05 Å². The number of halogens is 2. The fourth-order valence-electron chi connectivity index (χ4n) is 4.51. The molecule has 0 bridgehead atoms. The topological polar surface area (TPSA) is 124 Å². The predicted molar refractivity (Wildman–Crippen MR) is 133 cm³/mol. The molecule has 0 radical (unpaired) electrons. The smallest absolute Gasteiger partial charge is 0.251 e. The summed E-state index contributed by atoms with van der Waals surface area (Å²) in [5, 5.41) is 31.0. The van der Waals surface area contributed by atoms with Gasteiger partial charge in [0.05, 0.1) is 24.2 Å². The van der Waals surface area contributed by atoms with Crippen LogP contribution in [0, 0.1) is 0 Å². The number of nitrogens with one attached hydrogen (secondary N) is 2. The number of pyridine rings is 1. The summed E-state index contributed by atoms with van der Waals surface area (Å²) < 4.78 is 28.0. The van der Waals surface area contributed by atoms with Crippen LogP contribution in [0.4, 0.5) is 20.4 Å². The van der Waals surface area contributed by atoms with Crippen molar-refractivity contribution in [2.45, 2.75) is 57.3 Å². The van der Waals surface area contributed by atoms with Gasteiger partial charge in [0.25, 0.3) is 6.43 Å². The number of nitrogens with zero attached hydrogens (tertiary/aromatic N) is 6. The van der Waals surface area contributed by atoms with Crippen molar-refractivity contribution >= 4 is 22.7 Å². The molecule has 0 saturated heterocycles. The number of fused-ring (bicyclic) bond motifs is 2. The Morgan fingerprint density at radius 3 is 2.86 bits per heavy atom. The molecule has 3 aromatic heterocycles. The number of alkyl halides is 2. The van der Waals surface area contributed by atoms with Crippen LogP contribution in [0.5, 0.6) is 0 Å². The summed E-state index contributed by atoms with van der Waals surface area (Å²) in [4.78, 5) is 14.7. The summed E-state index contributed by atoms with van der Waals surface area (Å²) in [5.74, 6) is 1.38. The molecule has 12 heteroatoms. The lowest BCUT2D eigenvalue weighted by atomic mass is 10.1. The highest BCUT2D eigenvalue weighted by atomic mass is 19.3. The van der Waals surface area contributed by atoms with E-state index in [4.69, 9.17) is 4.98 Å². The number of aryl methyl sites for hydroxylation is 3. The second kappa shape index (κ2) is 12.3. The summed E-state index contributed by atoms with van der Waals surface area (Å²) in [6.07, 6.45) is 3.55. The van der Waals surface area contributed by atoms with Crippen molar-refractivity contribution in [3.05, 3.63) is 35.9 Å². The molecule has 1 atom stereocenters. The van der Waals surface area contributed by atoms with Crippen molar-refractivity contribution in [2.75, 3.05) is 36.8 Å². The maximum absolute atomic E-state index is 13.2. The minimum atomic E-state index is -2.47. The second-order valence-corrected chi connectivity index (χ2v) is 9.17. The van der Waals surface area contributed by atoms with Gasteiger partial charge in [0.15, 0.2) is 11.9 Å². The zero-order valence-electron chi connectivity index (χ0n) is 20.4. The van der Waals surface area contributed by atoms with Crippen LogP contribution < -0.4 is 10.6 Å². The average Bonchev–Trinajstić information content (AvgIpc) is 3.25. The largest absolute Gasteiger partial charge is 0.370 e. The van der Waals surface area contributed by atoms with Crippen LogP contribution in [-0.4, -0.2) is 84.8 Å². The summed E-state index contributed by atoms with van der Waals surface area (Å²) in [6, 6.07) is 3.38. The number of aromatic nitrogens is 5. The van der Waals surface area contributed by atoms with Crippen LogP contribution in [0.1, 0.15) is 36.9 Å². The van der Waals surface area contributed by atoms with E-state index in [1.807, 2.05) is 6.07 Å². The van der Waals surface area contributed by atoms with Gasteiger partial charge in [0, 0.05) is 25.8 Å². The van der Waals surface area contributed by atoms with Crippen LogP contribution in [0.2, 0.25) is 0 Å². The third kappa shape index (κ3) is 6.83. The molecule has 3 aromatic rings. The quantitative estimate of drug-likeness (QED) is 0.205. The maximum Gasteiger partial charge on any atom is 0.251 e. The molecule has 4 heterocycles. The third-order valence-corrected chi connectivity index (χ3v) is 6.47. The Hall–Kier alpha value is -2.96. The molecule has 0 aromatic carbocycles. The van der Waals surface area contributed by atoms with E-state index >= 15 is 0 Å². The van der Waals surface area contributed by atoms with Gasteiger partial charge in [0.2, 0.25) is 0 Å². The second-order valence-electron chi connectivity index (χ2n) is 9.17.